The number of carboxylic acids is 1. The summed E-state index contributed by atoms with van der Waals surface area (Å²) < 4.78 is 0. The Kier molecular flexibility index (Phi) is 3.93. The number of aromatic carboxylic acids is 1. The van der Waals surface area contributed by atoms with Gasteiger partial charge in [-0.15, -0.1) is 0 Å². The fourth-order valence-electron chi connectivity index (χ4n) is 2.13. The lowest BCUT2D eigenvalue weighted by Crippen LogP contribution is -2.15. The van der Waals surface area contributed by atoms with Crippen molar-refractivity contribution in [3.63, 3.8) is 0 Å². The molecule has 0 aliphatic heterocycles. The molecule has 0 fully saturated rings. The highest BCUT2D eigenvalue weighted by atomic mass is 16.4. The van der Waals surface area contributed by atoms with Crippen LogP contribution in [-0.2, 0) is 0 Å². The molecule has 0 radical (unpaired) electrons. The smallest absolute Gasteiger partial charge is 0.335 e. The first-order valence-corrected chi connectivity index (χ1v) is 6.34. The van der Waals surface area contributed by atoms with Crippen LogP contribution in [0.15, 0.2) is 36.4 Å². The molecule has 0 heterocycles. The third kappa shape index (κ3) is 3.02. The van der Waals surface area contributed by atoms with Crippen molar-refractivity contribution in [3.8, 4) is 5.75 Å². The summed E-state index contributed by atoms with van der Waals surface area (Å²) in [5.41, 5.74) is 2.19. The minimum Gasteiger partial charge on any atom is -0.506 e. The predicted molar refractivity (Wildman–Crippen MR) is 78.9 cm³/mol. The zero-order valence-corrected chi connectivity index (χ0v) is 11.7. The van der Waals surface area contributed by atoms with Crippen LogP contribution in [0.3, 0.4) is 0 Å². The lowest BCUT2D eigenvalue weighted by Gasteiger charge is -2.12. The molecule has 0 unspecified atom stereocenters. The van der Waals surface area contributed by atoms with Gasteiger partial charge in [0.25, 0.3) is 5.91 Å². The molecule has 0 saturated carbocycles. The van der Waals surface area contributed by atoms with Crippen LogP contribution in [0.2, 0.25) is 0 Å². The van der Waals surface area contributed by atoms with E-state index in [9.17, 15) is 14.7 Å². The Labute approximate surface area is 121 Å². The second kappa shape index (κ2) is 5.66. The van der Waals surface area contributed by atoms with Crippen LogP contribution in [0.1, 0.15) is 31.8 Å². The second-order valence-electron chi connectivity index (χ2n) is 4.76. The standard InChI is InChI=1S/C16H15NO4/c1-9-4-3-5-10(2)14(9)15(19)17-12-8-11(16(20)21)6-7-13(12)18/h3-8,18H,1-2H3,(H,17,19)(H,20,21). The maximum atomic E-state index is 12.3. The highest BCUT2D eigenvalue weighted by Crippen LogP contribution is 2.25. The van der Waals surface area contributed by atoms with Gasteiger partial charge in [0.2, 0.25) is 0 Å². The molecule has 5 nitrogen and oxygen atoms in total. The van der Waals surface area contributed by atoms with E-state index in [0.717, 1.165) is 11.1 Å². The maximum absolute atomic E-state index is 12.3. The molecule has 0 atom stereocenters. The molecule has 2 aromatic carbocycles. The van der Waals surface area contributed by atoms with Gasteiger partial charge in [0.1, 0.15) is 5.75 Å². The summed E-state index contributed by atoms with van der Waals surface area (Å²) in [7, 11) is 0. The van der Waals surface area contributed by atoms with E-state index in [-0.39, 0.29) is 22.9 Å². The Bertz CT molecular complexity index is 702. The van der Waals surface area contributed by atoms with Crippen LogP contribution in [0.4, 0.5) is 5.69 Å². The van der Waals surface area contributed by atoms with Gasteiger partial charge in [0.05, 0.1) is 11.3 Å². The quantitative estimate of drug-likeness (QED) is 0.757. The van der Waals surface area contributed by atoms with E-state index in [1.54, 1.807) is 0 Å². The first-order chi connectivity index (χ1) is 9.90. The highest BCUT2D eigenvalue weighted by Gasteiger charge is 2.15. The van der Waals surface area contributed by atoms with Crippen molar-refractivity contribution < 1.29 is 19.8 Å². The normalized spacial score (nSPS) is 10.2. The van der Waals surface area contributed by atoms with Gasteiger partial charge in [-0.3, -0.25) is 4.79 Å². The van der Waals surface area contributed by atoms with Gasteiger partial charge < -0.3 is 15.5 Å². The van der Waals surface area contributed by atoms with Gasteiger partial charge in [-0.25, -0.2) is 4.79 Å². The molecule has 1 amide bonds. The molecule has 21 heavy (non-hydrogen) atoms. The van der Waals surface area contributed by atoms with E-state index in [1.807, 2.05) is 32.0 Å². The minimum absolute atomic E-state index is 0.00962. The number of carbonyl (C=O) groups excluding carboxylic acids is 1. The van der Waals surface area contributed by atoms with Crippen molar-refractivity contribution in [1.29, 1.82) is 0 Å². The van der Waals surface area contributed by atoms with E-state index in [4.69, 9.17) is 5.11 Å². The van der Waals surface area contributed by atoms with Crippen molar-refractivity contribution in [3.05, 3.63) is 58.7 Å². The number of rotatable bonds is 3. The number of aromatic hydroxyl groups is 1. The van der Waals surface area contributed by atoms with Crippen molar-refractivity contribution in [2.24, 2.45) is 0 Å². The summed E-state index contributed by atoms with van der Waals surface area (Å²) in [6.07, 6.45) is 0. The van der Waals surface area contributed by atoms with E-state index in [2.05, 4.69) is 5.32 Å². The van der Waals surface area contributed by atoms with Gasteiger partial charge in [-0.05, 0) is 43.2 Å². The molecule has 0 saturated heterocycles. The molecule has 0 bridgehead atoms. The minimum atomic E-state index is -1.13. The van der Waals surface area contributed by atoms with E-state index in [1.165, 1.54) is 18.2 Å². The summed E-state index contributed by atoms with van der Waals surface area (Å²) >= 11 is 0. The molecule has 0 spiro atoms. The fourth-order valence-corrected chi connectivity index (χ4v) is 2.13. The third-order valence-electron chi connectivity index (χ3n) is 3.20. The maximum Gasteiger partial charge on any atom is 0.335 e. The van der Waals surface area contributed by atoms with Crippen LogP contribution >= 0.6 is 0 Å². The Morgan fingerprint density at radius 1 is 1.05 bits per heavy atom. The lowest BCUT2D eigenvalue weighted by molar-refractivity contribution is 0.0696. The topological polar surface area (TPSA) is 86.6 Å². The molecule has 2 rings (SSSR count). The Morgan fingerprint density at radius 2 is 1.67 bits per heavy atom. The molecule has 0 aliphatic rings. The number of amides is 1. The summed E-state index contributed by atoms with van der Waals surface area (Å²) in [5.74, 6) is -1.69. The number of benzene rings is 2. The Morgan fingerprint density at radius 3 is 2.24 bits per heavy atom. The van der Waals surface area contributed by atoms with E-state index >= 15 is 0 Å². The fraction of sp³-hybridized carbons (Fsp3) is 0.125. The van der Waals surface area contributed by atoms with Crippen molar-refractivity contribution >= 4 is 17.6 Å². The summed E-state index contributed by atoms with van der Waals surface area (Å²) in [4.78, 5) is 23.3. The van der Waals surface area contributed by atoms with Gasteiger partial charge >= 0.3 is 5.97 Å². The number of phenolic OH excluding ortho intramolecular Hbond substituents is 1. The lowest BCUT2D eigenvalue weighted by atomic mass is 10.0. The highest BCUT2D eigenvalue weighted by molar-refractivity contribution is 6.07. The van der Waals surface area contributed by atoms with Crippen molar-refractivity contribution in [2.75, 3.05) is 5.32 Å². The summed E-state index contributed by atoms with van der Waals surface area (Å²) in [6.45, 7) is 3.63. The summed E-state index contributed by atoms with van der Waals surface area (Å²) in [5, 5.41) is 21.2. The monoisotopic (exact) mass is 285 g/mol. The predicted octanol–water partition coefficient (Wildman–Crippen LogP) is 2.96. The first kappa shape index (κ1) is 14.6. The van der Waals surface area contributed by atoms with Crippen molar-refractivity contribution in [2.45, 2.75) is 13.8 Å². The zero-order valence-electron chi connectivity index (χ0n) is 11.7. The van der Waals surface area contributed by atoms with Gasteiger partial charge in [-0.2, -0.15) is 0 Å². The molecule has 108 valence electrons. The van der Waals surface area contributed by atoms with E-state index in [0.29, 0.717) is 5.56 Å². The average molecular weight is 285 g/mol. The van der Waals surface area contributed by atoms with Gasteiger partial charge in [0.15, 0.2) is 0 Å². The molecule has 2 aromatic rings. The molecular weight excluding hydrogens is 270 g/mol. The zero-order chi connectivity index (χ0) is 15.6. The SMILES string of the molecule is Cc1cccc(C)c1C(=O)Nc1cc(C(=O)O)ccc1O. The Hall–Kier alpha value is -2.82. The van der Waals surface area contributed by atoms with Gasteiger partial charge in [0, 0.05) is 5.56 Å². The van der Waals surface area contributed by atoms with Crippen LogP contribution in [-0.4, -0.2) is 22.1 Å². The Balaban J connectivity index is 2.36. The van der Waals surface area contributed by atoms with Gasteiger partial charge in [-0.1, -0.05) is 18.2 Å². The van der Waals surface area contributed by atoms with Crippen LogP contribution in [0, 0.1) is 13.8 Å². The van der Waals surface area contributed by atoms with Crippen LogP contribution < -0.4 is 5.32 Å². The average Bonchev–Trinajstić information content (AvgIpc) is 2.40. The van der Waals surface area contributed by atoms with E-state index < -0.39 is 5.97 Å². The number of nitrogens with one attached hydrogen (secondary N) is 1. The van der Waals surface area contributed by atoms with Crippen LogP contribution in [0.25, 0.3) is 0 Å². The second-order valence-corrected chi connectivity index (χ2v) is 4.76. The number of carboxylic acid groups (broad SMARTS) is 1. The number of carbonyl (C=O) groups is 2. The molecular formula is C16H15NO4. The third-order valence-corrected chi connectivity index (χ3v) is 3.20. The number of phenols is 1. The number of aryl methyl sites for hydroxylation is 2. The molecule has 0 aliphatic carbocycles. The van der Waals surface area contributed by atoms with Crippen molar-refractivity contribution in [1.82, 2.24) is 0 Å². The summed E-state index contributed by atoms with van der Waals surface area (Å²) in [6, 6.07) is 9.22. The molecule has 3 N–H and O–H groups in total. The largest absolute Gasteiger partial charge is 0.506 e. The van der Waals surface area contributed by atoms with Crippen LogP contribution in [0.5, 0.6) is 5.75 Å². The number of hydrogen-bond acceptors (Lipinski definition) is 3. The molecule has 0 aromatic heterocycles. The first-order valence-electron chi connectivity index (χ1n) is 6.34. The molecule has 5 heteroatoms. The number of anilines is 1. The number of hydrogen-bond donors (Lipinski definition) is 3.